The summed E-state index contributed by atoms with van der Waals surface area (Å²) in [6.45, 7) is 18.8. The van der Waals surface area contributed by atoms with Crippen molar-refractivity contribution in [3.05, 3.63) is 0 Å². The first-order valence-corrected chi connectivity index (χ1v) is 11.2. The van der Waals surface area contributed by atoms with E-state index in [1.807, 2.05) is 13.8 Å². The van der Waals surface area contributed by atoms with Gasteiger partial charge in [0.25, 0.3) is 0 Å². The van der Waals surface area contributed by atoms with Crippen molar-refractivity contribution in [2.45, 2.75) is 145 Å². The first kappa shape index (κ1) is 65.8. The summed E-state index contributed by atoms with van der Waals surface area (Å²) in [5, 5.41) is 7.99. The molecule has 9 heteroatoms. The summed E-state index contributed by atoms with van der Waals surface area (Å²) >= 11 is 0. The maximum Gasteiger partial charge on any atom is 0.389 e. The van der Waals surface area contributed by atoms with Crippen LogP contribution >= 0.6 is 0 Å². The summed E-state index contributed by atoms with van der Waals surface area (Å²) in [5.41, 5.74) is 0. The van der Waals surface area contributed by atoms with Crippen LogP contribution in [0.15, 0.2) is 0 Å². The predicted molar refractivity (Wildman–Crippen MR) is 157 cm³/mol. The summed E-state index contributed by atoms with van der Waals surface area (Å²) in [5.74, 6) is 0.574. The van der Waals surface area contributed by atoms with Gasteiger partial charge in [-0.1, -0.05) is 106 Å². The van der Waals surface area contributed by atoms with Crippen molar-refractivity contribution < 1.29 is 35.5 Å². The third-order valence-corrected chi connectivity index (χ3v) is 2.79. The molecule has 0 aromatic heterocycles. The van der Waals surface area contributed by atoms with E-state index >= 15 is 0 Å². The zero-order chi connectivity index (χ0) is 27.8. The highest BCUT2D eigenvalue weighted by Crippen LogP contribution is 2.23. The van der Waals surface area contributed by atoms with Crippen LogP contribution in [-0.2, 0) is 4.74 Å². The van der Waals surface area contributed by atoms with E-state index in [4.69, 9.17) is 10.00 Å². The van der Waals surface area contributed by atoms with Crippen molar-refractivity contribution in [2.75, 3.05) is 13.7 Å². The van der Waals surface area contributed by atoms with Crippen LogP contribution in [0.2, 0.25) is 0 Å². The molecule has 0 heterocycles. The number of methoxy groups -OCH3 is 1. The Morgan fingerprint density at radius 3 is 1.00 bits per heavy atom. The fourth-order valence-corrected chi connectivity index (χ4v) is 1.34. The molecule has 0 atom stereocenters. The summed E-state index contributed by atoms with van der Waals surface area (Å²) in [6, 6.07) is 2.07. The lowest BCUT2D eigenvalue weighted by Gasteiger charge is -2.07. The van der Waals surface area contributed by atoms with Crippen molar-refractivity contribution in [2.24, 2.45) is 29.6 Å². The SMILES string of the molecule is C.C.C.C.C.CC(C)C(F)F.CC(C)CC#N.CC(C)CC(F)(F)F.CC(C)CC(F)F.COCC(C)C. The Balaban J connectivity index is -0.0000000313. The smallest absolute Gasteiger partial charge is 0.384 e. The van der Waals surface area contributed by atoms with Gasteiger partial charge in [0.1, 0.15) is 0 Å². The molecule has 0 unspecified atom stereocenters. The minimum atomic E-state index is -3.98. The number of rotatable bonds is 7. The molecule has 38 heavy (non-hydrogen) atoms. The lowest BCUT2D eigenvalue weighted by atomic mass is 10.1. The van der Waals surface area contributed by atoms with E-state index in [9.17, 15) is 30.7 Å². The van der Waals surface area contributed by atoms with Gasteiger partial charge in [-0.3, -0.25) is 0 Å². The predicted octanol–water partition coefficient (Wildman–Crippen LogP) is 12.8. The molecule has 0 amide bonds. The van der Waals surface area contributed by atoms with Crippen LogP contribution in [0.4, 0.5) is 30.7 Å². The van der Waals surface area contributed by atoms with Gasteiger partial charge in [0.15, 0.2) is 0 Å². The highest BCUT2D eigenvalue weighted by atomic mass is 19.4. The van der Waals surface area contributed by atoms with Crippen LogP contribution in [0.1, 0.15) is 126 Å². The Morgan fingerprint density at radius 1 is 0.658 bits per heavy atom. The molecule has 0 rings (SSSR count). The highest BCUT2D eigenvalue weighted by Gasteiger charge is 2.27. The van der Waals surface area contributed by atoms with Crippen LogP contribution < -0.4 is 0 Å². The second-order valence-corrected chi connectivity index (χ2v) is 9.42. The van der Waals surface area contributed by atoms with Gasteiger partial charge in [-0.15, -0.1) is 0 Å². The van der Waals surface area contributed by atoms with Crippen LogP contribution in [0.25, 0.3) is 0 Å². The average molecular weight is 580 g/mol. The average Bonchev–Trinajstić information content (AvgIpc) is 2.52. The molecule has 0 aliphatic carbocycles. The van der Waals surface area contributed by atoms with Crippen LogP contribution in [0.5, 0.6) is 0 Å². The quantitative estimate of drug-likeness (QED) is 0.281. The number of ether oxygens (including phenoxy) is 1. The van der Waals surface area contributed by atoms with Gasteiger partial charge in [0.2, 0.25) is 12.9 Å². The monoisotopic (exact) mass is 580 g/mol. The summed E-state index contributed by atoms with van der Waals surface area (Å²) in [6.07, 6.45) is -8.22. The molecule has 0 saturated carbocycles. The Morgan fingerprint density at radius 2 is 1.00 bits per heavy atom. The summed E-state index contributed by atoms with van der Waals surface area (Å²) < 4.78 is 83.6. The topological polar surface area (TPSA) is 33.0 Å². The van der Waals surface area contributed by atoms with E-state index in [2.05, 4.69) is 19.9 Å². The zero-order valence-electron chi connectivity index (χ0n) is 22.4. The van der Waals surface area contributed by atoms with E-state index in [1.165, 1.54) is 13.8 Å². The molecule has 0 N–H and O–H groups in total. The number of halogens is 7. The number of hydrogen-bond donors (Lipinski definition) is 0. The third-order valence-electron chi connectivity index (χ3n) is 2.79. The number of nitriles is 1. The van der Waals surface area contributed by atoms with Crippen LogP contribution in [-0.4, -0.2) is 32.7 Å². The maximum atomic E-state index is 11.3. The molecule has 244 valence electrons. The van der Waals surface area contributed by atoms with Gasteiger partial charge in [0, 0.05) is 38.9 Å². The van der Waals surface area contributed by atoms with Gasteiger partial charge in [0.05, 0.1) is 6.07 Å². The number of hydrogen-bond acceptors (Lipinski definition) is 2. The van der Waals surface area contributed by atoms with Crippen LogP contribution in [0, 0.1) is 40.9 Å². The molecule has 0 aliphatic rings. The van der Waals surface area contributed by atoms with Gasteiger partial charge in [-0.25, -0.2) is 17.6 Å². The molecule has 2 nitrogen and oxygen atoms in total. The minimum Gasteiger partial charge on any atom is -0.384 e. The fraction of sp³-hybridized carbons (Fsp3) is 0.966. The van der Waals surface area contributed by atoms with E-state index < -0.39 is 31.4 Å². The molecular formula is C29H68F7NO. The Labute approximate surface area is 235 Å². The van der Waals surface area contributed by atoms with Crippen molar-refractivity contribution in [3.63, 3.8) is 0 Å². The van der Waals surface area contributed by atoms with Crippen molar-refractivity contribution in [1.82, 2.24) is 0 Å². The zero-order valence-corrected chi connectivity index (χ0v) is 22.4. The largest absolute Gasteiger partial charge is 0.389 e. The molecule has 0 aliphatic heterocycles. The molecule has 0 radical (unpaired) electrons. The Hall–Kier alpha value is -1.04. The third kappa shape index (κ3) is 125. The molecule has 0 saturated heterocycles. The maximum absolute atomic E-state index is 11.3. The Kier molecular flexibility index (Phi) is 74.5. The second-order valence-electron chi connectivity index (χ2n) is 9.42. The molecule has 0 fully saturated rings. The molecule has 0 aromatic carbocycles. The van der Waals surface area contributed by atoms with Crippen molar-refractivity contribution in [3.8, 4) is 6.07 Å². The lowest BCUT2D eigenvalue weighted by molar-refractivity contribution is -0.141. The van der Waals surface area contributed by atoms with Crippen LogP contribution in [0.3, 0.4) is 0 Å². The normalized spacial score (nSPS) is 9.37. The van der Waals surface area contributed by atoms with Gasteiger partial charge < -0.3 is 4.74 Å². The standard InChI is InChI=1S/C5H9F3.C5H10F2.C5H9N.C5H12O.C4H8F2.5CH4/c1-4(2)3-5(6,7)8;1-4(2)3-5(6)7;1-5(2)3-4-6;1-5(2)4-6-3;1-3(2)4(5)6;;;;;/h4H,3H2,1-2H3;4-5H,3H2,1-2H3;5H,3H2,1-2H3;5H,4H2,1-3H3;3-4H,1-2H3;5*1H4. The van der Waals surface area contributed by atoms with E-state index in [-0.39, 0.29) is 55.4 Å². The molecule has 0 spiro atoms. The van der Waals surface area contributed by atoms with Gasteiger partial charge in [-0.2, -0.15) is 18.4 Å². The Bertz CT molecular complexity index is 393. The fourth-order valence-electron chi connectivity index (χ4n) is 1.34. The first-order valence-electron chi connectivity index (χ1n) is 11.2. The minimum absolute atomic E-state index is 0. The molecule has 0 bridgehead atoms. The van der Waals surface area contributed by atoms with E-state index in [0.717, 1.165) is 6.61 Å². The lowest BCUT2D eigenvalue weighted by Crippen LogP contribution is -2.10. The first-order chi connectivity index (χ1) is 14.7. The van der Waals surface area contributed by atoms with Gasteiger partial charge in [-0.05, 0) is 23.7 Å². The van der Waals surface area contributed by atoms with Crippen molar-refractivity contribution >= 4 is 0 Å². The van der Waals surface area contributed by atoms with E-state index in [0.29, 0.717) is 18.3 Å². The molecule has 0 aromatic rings. The summed E-state index contributed by atoms with van der Waals surface area (Å²) in [7, 11) is 1.72. The highest BCUT2D eigenvalue weighted by molar-refractivity contribution is 4.69. The molecular weight excluding hydrogens is 511 g/mol. The van der Waals surface area contributed by atoms with Crippen molar-refractivity contribution in [1.29, 1.82) is 5.26 Å². The number of nitrogens with zero attached hydrogens (tertiary/aromatic N) is 1. The second kappa shape index (κ2) is 43.0. The number of alkyl halides is 7. The summed E-state index contributed by atoms with van der Waals surface area (Å²) in [4.78, 5) is 0. The van der Waals surface area contributed by atoms with Gasteiger partial charge >= 0.3 is 6.18 Å². The van der Waals surface area contributed by atoms with E-state index in [1.54, 1.807) is 34.8 Å².